The number of rotatable bonds is 7. The van der Waals surface area contributed by atoms with Crippen LogP contribution in [0.4, 0.5) is 18.9 Å². The van der Waals surface area contributed by atoms with Crippen LogP contribution in [-0.2, 0) is 12.8 Å². The lowest BCUT2D eigenvalue weighted by Crippen LogP contribution is -2.36. The maximum atomic E-state index is 13.3. The minimum absolute atomic E-state index is 0. The third-order valence-electron chi connectivity index (χ3n) is 4.53. The van der Waals surface area contributed by atoms with Crippen LogP contribution in [-0.4, -0.2) is 19.0 Å². The fraction of sp³-hybridized carbons (Fsp3) is 0.174. The van der Waals surface area contributed by atoms with Gasteiger partial charge in [-0.25, -0.2) is 0 Å². The fourth-order valence-corrected chi connectivity index (χ4v) is 3.13. The number of ether oxygens (including phenoxy) is 1. The summed E-state index contributed by atoms with van der Waals surface area (Å²) in [7, 11) is 0. The molecule has 4 nitrogen and oxygen atoms in total. The lowest BCUT2D eigenvalue weighted by atomic mass is 10.1. The summed E-state index contributed by atoms with van der Waals surface area (Å²) in [6, 6.07) is 18.4. The highest BCUT2D eigenvalue weighted by molar-refractivity contribution is 6.30. The van der Waals surface area contributed by atoms with Gasteiger partial charge in [0, 0.05) is 23.8 Å². The SMILES string of the molecule is Cl.NCCN(C(=O)c1ccccc1C(F)(F)F)c1ccc(OCc2ccc(Cl)cc2)cc1. The number of anilines is 1. The summed E-state index contributed by atoms with van der Waals surface area (Å²) in [6.07, 6.45) is -4.64. The monoisotopic (exact) mass is 484 g/mol. The summed E-state index contributed by atoms with van der Waals surface area (Å²) < 4.78 is 45.7. The zero-order valence-corrected chi connectivity index (χ0v) is 18.4. The number of carbonyl (C=O) groups excluding carboxylic acids is 1. The van der Waals surface area contributed by atoms with E-state index in [1.54, 1.807) is 36.4 Å². The molecule has 0 atom stereocenters. The first-order chi connectivity index (χ1) is 14.8. The van der Waals surface area contributed by atoms with Crippen LogP contribution >= 0.6 is 24.0 Å². The standard InChI is InChI=1S/C23H20ClF3N2O2.ClH/c24-17-7-5-16(6-8-17)15-31-19-11-9-18(10-12-19)29(14-13-28)22(30)20-3-1-2-4-21(20)23(25,26)27;/h1-12H,13-15,28H2;1H. The third kappa shape index (κ3) is 6.38. The Labute approximate surface area is 195 Å². The van der Waals surface area contributed by atoms with Crippen molar-refractivity contribution in [3.05, 3.63) is 94.5 Å². The zero-order chi connectivity index (χ0) is 22.4. The maximum Gasteiger partial charge on any atom is 0.417 e. The van der Waals surface area contributed by atoms with Gasteiger partial charge in [-0.05, 0) is 54.1 Å². The van der Waals surface area contributed by atoms with E-state index in [2.05, 4.69) is 0 Å². The first kappa shape index (κ1) is 25.5. The highest BCUT2D eigenvalue weighted by Gasteiger charge is 2.36. The van der Waals surface area contributed by atoms with Crippen molar-refractivity contribution >= 4 is 35.6 Å². The quantitative estimate of drug-likeness (QED) is 0.449. The van der Waals surface area contributed by atoms with Gasteiger partial charge < -0.3 is 15.4 Å². The molecule has 170 valence electrons. The number of halogens is 5. The average Bonchev–Trinajstić information content (AvgIpc) is 2.76. The van der Waals surface area contributed by atoms with Gasteiger partial charge in [-0.15, -0.1) is 12.4 Å². The Morgan fingerprint density at radius 3 is 2.19 bits per heavy atom. The van der Waals surface area contributed by atoms with Crippen LogP contribution in [0, 0.1) is 0 Å². The molecule has 0 aliphatic heterocycles. The highest BCUT2D eigenvalue weighted by Crippen LogP contribution is 2.33. The van der Waals surface area contributed by atoms with Crippen molar-refractivity contribution in [3.8, 4) is 5.75 Å². The molecule has 3 aromatic rings. The van der Waals surface area contributed by atoms with Gasteiger partial charge in [0.15, 0.2) is 0 Å². The van der Waals surface area contributed by atoms with Crippen LogP contribution in [0.3, 0.4) is 0 Å². The van der Waals surface area contributed by atoms with Crippen molar-refractivity contribution in [1.82, 2.24) is 0 Å². The highest BCUT2D eigenvalue weighted by atomic mass is 35.5. The van der Waals surface area contributed by atoms with Crippen LogP contribution in [0.15, 0.2) is 72.8 Å². The van der Waals surface area contributed by atoms with Gasteiger partial charge in [0.1, 0.15) is 12.4 Å². The molecule has 0 aromatic heterocycles. The summed E-state index contributed by atoms with van der Waals surface area (Å²) >= 11 is 5.86. The van der Waals surface area contributed by atoms with Gasteiger partial charge in [0.25, 0.3) is 5.91 Å². The molecule has 3 aromatic carbocycles. The molecular weight excluding hydrogens is 464 g/mol. The van der Waals surface area contributed by atoms with Crippen molar-refractivity contribution in [2.75, 3.05) is 18.0 Å². The maximum absolute atomic E-state index is 13.3. The molecule has 0 heterocycles. The summed E-state index contributed by atoms with van der Waals surface area (Å²) in [5, 5.41) is 0.630. The molecule has 2 N–H and O–H groups in total. The van der Waals surface area contributed by atoms with E-state index in [0.717, 1.165) is 17.7 Å². The Balaban J connectivity index is 0.00000363. The van der Waals surface area contributed by atoms with Crippen molar-refractivity contribution in [2.45, 2.75) is 12.8 Å². The number of carbonyl (C=O) groups is 1. The molecular formula is C23H21Cl2F3N2O2. The van der Waals surface area contributed by atoms with E-state index in [1.807, 2.05) is 12.1 Å². The van der Waals surface area contributed by atoms with Gasteiger partial charge in [-0.2, -0.15) is 13.2 Å². The first-order valence-electron chi connectivity index (χ1n) is 9.45. The average molecular weight is 485 g/mol. The molecule has 0 spiro atoms. The number of nitrogens with zero attached hydrogens (tertiary/aromatic N) is 1. The van der Waals surface area contributed by atoms with Crippen LogP contribution < -0.4 is 15.4 Å². The Morgan fingerprint density at radius 1 is 0.969 bits per heavy atom. The summed E-state index contributed by atoms with van der Waals surface area (Å²) in [6.45, 7) is 0.478. The topological polar surface area (TPSA) is 55.6 Å². The molecule has 0 aliphatic carbocycles. The lowest BCUT2D eigenvalue weighted by Gasteiger charge is -2.24. The minimum Gasteiger partial charge on any atom is -0.489 e. The smallest absolute Gasteiger partial charge is 0.417 e. The van der Waals surface area contributed by atoms with Crippen molar-refractivity contribution in [3.63, 3.8) is 0 Å². The fourth-order valence-electron chi connectivity index (χ4n) is 3.01. The van der Waals surface area contributed by atoms with E-state index in [4.69, 9.17) is 22.1 Å². The van der Waals surface area contributed by atoms with Crippen LogP contribution in [0.25, 0.3) is 0 Å². The number of benzene rings is 3. The molecule has 0 unspecified atom stereocenters. The van der Waals surface area contributed by atoms with Crippen molar-refractivity contribution < 1.29 is 22.7 Å². The molecule has 0 aliphatic rings. The van der Waals surface area contributed by atoms with Crippen molar-refractivity contribution in [1.29, 1.82) is 0 Å². The Bertz CT molecular complexity index is 1030. The van der Waals surface area contributed by atoms with E-state index >= 15 is 0 Å². The number of nitrogens with two attached hydrogens (primary N) is 1. The number of hydrogen-bond donors (Lipinski definition) is 1. The van der Waals surface area contributed by atoms with Crippen LogP contribution in [0.2, 0.25) is 5.02 Å². The zero-order valence-electron chi connectivity index (χ0n) is 16.8. The predicted molar refractivity (Wildman–Crippen MR) is 122 cm³/mol. The van der Waals surface area contributed by atoms with E-state index in [9.17, 15) is 18.0 Å². The first-order valence-corrected chi connectivity index (χ1v) is 9.83. The van der Waals surface area contributed by atoms with E-state index in [-0.39, 0.29) is 25.5 Å². The Morgan fingerprint density at radius 2 is 1.59 bits per heavy atom. The molecule has 0 bridgehead atoms. The van der Waals surface area contributed by atoms with Gasteiger partial charge in [0.05, 0.1) is 11.1 Å². The van der Waals surface area contributed by atoms with Crippen LogP contribution in [0.5, 0.6) is 5.75 Å². The number of amides is 1. The second kappa shape index (κ2) is 11.2. The van der Waals surface area contributed by atoms with E-state index < -0.39 is 23.2 Å². The Kier molecular flexibility index (Phi) is 8.95. The van der Waals surface area contributed by atoms with Gasteiger partial charge in [-0.3, -0.25) is 4.79 Å². The second-order valence-electron chi connectivity index (χ2n) is 6.70. The normalized spacial score (nSPS) is 10.9. The number of hydrogen-bond acceptors (Lipinski definition) is 3. The molecule has 1 amide bonds. The summed E-state index contributed by atoms with van der Waals surface area (Å²) in [5.41, 5.74) is 5.55. The molecule has 0 fully saturated rings. The second-order valence-corrected chi connectivity index (χ2v) is 7.13. The molecule has 32 heavy (non-hydrogen) atoms. The van der Waals surface area contributed by atoms with E-state index in [0.29, 0.717) is 23.1 Å². The Hall–Kier alpha value is -2.74. The predicted octanol–water partition coefficient (Wildman–Crippen LogP) is 5.97. The third-order valence-corrected chi connectivity index (χ3v) is 4.78. The largest absolute Gasteiger partial charge is 0.489 e. The lowest BCUT2D eigenvalue weighted by molar-refractivity contribution is -0.137. The molecule has 0 saturated heterocycles. The van der Waals surface area contributed by atoms with Crippen LogP contribution in [0.1, 0.15) is 21.5 Å². The molecule has 9 heteroatoms. The van der Waals surface area contributed by atoms with E-state index in [1.165, 1.54) is 17.0 Å². The summed E-state index contributed by atoms with van der Waals surface area (Å²) in [4.78, 5) is 14.2. The van der Waals surface area contributed by atoms with Gasteiger partial charge in [0.2, 0.25) is 0 Å². The number of alkyl halides is 3. The minimum atomic E-state index is -4.64. The van der Waals surface area contributed by atoms with Gasteiger partial charge >= 0.3 is 6.18 Å². The van der Waals surface area contributed by atoms with Gasteiger partial charge in [-0.1, -0.05) is 35.9 Å². The molecule has 0 radical (unpaired) electrons. The molecule has 0 saturated carbocycles. The molecule has 3 rings (SSSR count). The summed E-state index contributed by atoms with van der Waals surface area (Å²) in [5.74, 6) is -0.220. The van der Waals surface area contributed by atoms with Crippen molar-refractivity contribution in [2.24, 2.45) is 5.73 Å².